The normalized spacial score (nSPS) is 11.4. The van der Waals surface area contributed by atoms with Crippen molar-refractivity contribution in [2.24, 2.45) is 5.73 Å². The SMILES string of the molecule is N=c1ccc2c(-c3ccc(F)cc3)c3ccc(NCCCCCCCCCCN)cc3oc-2c1. The highest BCUT2D eigenvalue weighted by atomic mass is 19.1. The molecule has 1 aliphatic heterocycles. The van der Waals surface area contributed by atoms with E-state index in [1.807, 2.05) is 12.1 Å². The molecule has 0 bridgehead atoms. The van der Waals surface area contributed by atoms with E-state index in [1.54, 1.807) is 24.3 Å². The van der Waals surface area contributed by atoms with Crippen LogP contribution in [0.1, 0.15) is 51.4 Å². The highest BCUT2D eigenvalue weighted by Gasteiger charge is 2.17. The van der Waals surface area contributed by atoms with Crippen molar-refractivity contribution in [2.45, 2.75) is 51.4 Å². The van der Waals surface area contributed by atoms with E-state index >= 15 is 0 Å². The Hall–Kier alpha value is -3.18. The first kappa shape index (κ1) is 24.0. The number of nitrogens with one attached hydrogen (secondary N) is 2. The summed E-state index contributed by atoms with van der Waals surface area (Å²) in [6, 6.07) is 18.1. The molecule has 1 heterocycles. The molecule has 0 atom stereocenters. The molecule has 178 valence electrons. The second-order valence-corrected chi connectivity index (χ2v) is 8.95. The van der Waals surface area contributed by atoms with Crippen LogP contribution in [0.5, 0.6) is 0 Å². The lowest BCUT2D eigenvalue weighted by atomic mass is 9.93. The summed E-state index contributed by atoms with van der Waals surface area (Å²) in [5, 5.41) is 12.9. The highest BCUT2D eigenvalue weighted by molar-refractivity contribution is 6.02. The van der Waals surface area contributed by atoms with Gasteiger partial charge in [0.05, 0.1) is 5.36 Å². The van der Waals surface area contributed by atoms with Crippen LogP contribution in [0.4, 0.5) is 10.1 Å². The molecule has 0 saturated carbocycles. The average Bonchev–Trinajstić information content (AvgIpc) is 2.84. The molecule has 5 heteroatoms. The van der Waals surface area contributed by atoms with Gasteiger partial charge in [0.25, 0.3) is 0 Å². The molecule has 0 spiro atoms. The summed E-state index contributed by atoms with van der Waals surface area (Å²) < 4.78 is 19.8. The number of hydrogen-bond acceptors (Lipinski definition) is 4. The number of anilines is 1. The molecule has 0 amide bonds. The quantitative estimate of drug-likeness (QED) is 0.153. The molecule has 1 aliphatic carbocycles. The van der Waals surface area contributed by atoms with Crippen LogP contribution in [0.3, 0.4) is 0 Å². The van der Waals surface area contributed by atoms with Gasteiger partial charge in [-0.15, -0.1) is 0 Å². The van der Waals surface area contributed by atoms with Crippen molar-refractivity contribution >= 4 is 16.7 Å². The Balaban J connectivity index is 1.46. The topological polar surface area (TPSA) is 75.0 Å². The van der Waals surface area contributed by atoms with Gasteiger partial charge in [-0.05, 0) is 61.3 Å². The molecule has 34 heavy (non-hydrogen) atoms. The maximum absolute atomic E-state index is 13.6. The van der Waals surface area contributed by atoms with Crippen LogP contribution in [0.2, 0.25) is 0 Å². The van der Waals surface area contributed by atoms with Crippen LogP contribution in [0.15, 0.2) is 65.1 Å². The predicted molar refractivity (Wildman–Crippen MR) is 139 cm³/mol. The summed E-state index contributed by atoms with van der Waals surface area (Å²) in [6.45, 7) is 1.73. The Labute approximate surface area is 200 Å². The van der Waals surface area contributed by atoms with E-state index in [0.717, 1.165) is 59.3 Å². The largest absolute Gasteiger partial charge is 0.456 e. The van der Waals surface area contributed by atoms with Gasteiger partial charge in [-0.3, -0.25) is 0 Å². The van der Waals surface area contributed by atoms with Crippen molar-refractivity contribution in [3.8, 4) is 22.5 Å². The van der Waals surface area contributed by atoms with Crippen LogP contribution < -0.4 is 16.4 Å². The number of hydrogen-bond donors (Lipinski definition) is 3. The fraction of sp³-hybridized carbons (Fsp3) is 0.345. The monoisotopic (exact) mass is 459 g/mol. The Morgan fingerprint density at radius 1 is 0.794 bits per heavy atom. The summed E-state index contributed by atoms with van der Waals surface area (Å²) in [7, 11) is 0. The van der Waals surface area contributed by atoms with Crippen molar-refractivity contribution in [1.29, 1.82) is 5.41 Å². The second-order valence-electron chi connectivity index (χ2n) is 8.95. The first-order chi connectivity index (χ1) is 16.7. The minimum atomic E-state index is -0.260. The molecule has 0 saturated heterocycles. The van der Waals surface area contributed by atoms with Gasteiger partial charge in [-0.2, -0.15) is 0 Å². The summed E-state index contributed by atoms with van der Waals surface area (Å²) in [6.07, 6.45) is 9.96. The molecule has 4 N–H and O–H groups in total. The third-order valence-electron chi connectivity index (χ3n) is 6.31. The Bertz CT molecular complexity index is 1230. The molecule has 2 aromatic rings. The summed E-state index contributed by atoms with van der Waals surface area (Å²) >= 11 is 0. The Morgan fingerprint density at radius 2 is 1.50 bits per heavy atom. The lowest BCUT2D eigenvalue weighted by Crippen LogP contribution is -2.02. The standard InChI is InChI=1S/C29H34FN3O/c30-22-11-9-21(10-12-22)29-25-15-13-23(32)19-27(25)34-28-20-24(14-16-26(28)29)33-18-8-6-4-2-1-3-5-7-17-31/h9-16,19-20,32-33H,1-8,17-18,31H2. The molecular weight excluding hydrogens is 425 g/mol. The lowest BCUT2D eigenvalue weighted by molar-refractivity contribution is 0.574. The van der Waals surface area contributed by atoms with E-state index in [4.69, 9.17) is 15.6 Å². The first-order valence-corrected chi connectivity index (χ1v) is 12.4. The van der Waals surface area contributed by atoms with Crippen LogP contribution in [-0.2, 0) is 0 Å². The van der Waals surface area contributed by atoms with Crippen molar-refractivity contribution < 1.29 is 8.81 Å². The third kappa shape index (κ3) is 6.03. The molecular formula is C29H34FN3O. The van der Waals surface area contributed by atoms with Gasteiger partial charge in [0.2, 0.25) is 0 Å². The maximum Gasteiger partial charge on any atom is 0.137 e. The number of benzene rings is 3. The summed E-state index contributed by atoms with van der Waals surface area (Å²) in [4.78, 5) is 0. The fourth-order valence-corrected chi connectivity index (χ4v) is 4.49. The zero-order valence-corrected chi connectivity index (χ0v) is 19.7. The number of rotatable bonds is 12. The third-order valence-corrected chi connectivity index (χ3v) is 6.31. The minimum Gasteiger partial charge on any atom is -0.456 e. The van der Waals surface area contributed by atoms with Crippen LogP contribution in [0, 0.1) is 11.2 Å². The van der Waals surface area contributed by atoms with Gasteiger partial charge in [-0.1, -0.05) is 50.7 Å². The van der Waals surface area contributed by atoms with Gasteiger partial charge < -0.3 is 20.9 Å². The predicted octanol–water partition coefficient (Wildman–Crippen LogP) is 7.31. The van der Waals surface area contributed by atoms with Gasteiger partial charge in [-0.25, -0.2) is 4.39 Å². The van der Waals surface area contributed by atoms with Gasteiger partial charge in [0, 0.05) is 40.9 Å². The molecule has 0 radical (unpaired) electrons. The average molecular weight is 460 g/mol. The van der Waals surface area contributed by atoms with Crippen molar-refractivity contribution in [2.75, 3.05) is 18.4 Å². The van der Waals surface area contributed by atoms with Crippen molar-refractivity contribution in [3.05, 3.63) is 71.8 Å². The van der Waals surface area contributed by atoms with Crippen LogP contribution in [-0.4, -0.2) is 13.1 Å². The Kier molecular flexibility index (Phi) is 8.31. The van der Waals surface area contributed by atoms with Crippen molar-refractivity contribution in [1.82, 2.24) is 0 Å². The maximum atomic E-state index is 13.6. The van der Waals surface area contributed by atoms with Crippen LogP contribution in [0.25, 0.3) is 33.4 Å². The molecule has 2 aliphatic rings. The number of fused-ring (bicyclic) bond motifs is 2. The van der Waals surface area contributed by atoms with E-state index in [0.29, 0.717) is 11.1 Å². The molecule has 0 aromatic heterocycles. The lowest BCUT2D eigenvalue weighted by Gasteiger charge is -2.16. The van der Waals surface area contributed by atoms with E-state index in [1.165, 1.54) is 50.7 Å². The van der Waals surface area contributed by atoms with E-state index in [-0.39, 0.29) is 5.82 Å². The first-order valence-electron chi connectivity index (χ1n) is 12.4. The minimum absolute atomic E-state index is 0.260. The zero-order chi connectivity index (χ0) is 23.8. The summed E-state index contributed by atoms with van der Waals surface area (Å²) in [5.74, 6) is 0.396. The molecule has 2 aromatic carbocycles. The van der Waals surface area contributed by atoms with Gasteiger partial charge in [0.1, 0.15) is 17.2 Å². The van der Waals surface area contributed by atoms with Gasteiger partial charge >= 0.3 is 0 Å². The molecule has 4 rings (SSSR count). The Morgan fingerprint density at radius 3 is 2.24 bits per heavy atom. The molecule has 0 unspecified atom stereocenters. The summed E-state index contributed by atoms with van der Waals surface area (Å²) in [5.41, 5.74) is 10.1. The highest BCUT2D eigenvalue weighted by Crippen LogP contribution is 2.40. The van der Waals surface area contributed by atoms with E-state index in [2.05, 4.69) is 17.4 Å². The van der Waals surface area contributed by atoms with Gasteiger partial charge in [0.15, 0.2) is 0 Å². The van der Waals surface area contributed by atoms with Crippen LogP contribution >= 0.6 is 0 Å². The fourth-order valence-electron chi connectivity index (χ4n) is 4.49. The molecule has 0 fully saturated rings. The van der Waals surface area contributed by atoms with E-state index < -0.39 is 0 Å². The zero-order valence-electron chi connectivity index (χ0n) is 19.7. The number of unbranched alkanes of at least 4 members (excludes halogenated alkanes) is 7. The van der Waals surface area contributed by atoms with Crippen molar-refractivity contribution in [3.63, 3.8) is 0 Å². The number of nitrogens with two attached hydrogens (primary N) is 1. The second kappa shape index (κ2) is 11.8. The molecule has 4 nitrogen and oxygen atoms in total. The van der Waals surface area contributed by atoms with E-state index in [9.17, 15) is 4.39 Å². The number of halogens is 1. The smallest absolute Gasteiger partial charge is 0.137 e.